The van der Waals surface area contributed by atoms with Gasteiger partial charge in [0.05, 0.1) is 10.2 Å². The lowest BCUT2D eigenvalue weighted by molar-refractivity contribution is 1.31. The minimum absolute atomic E-state index is 0. The Balaban J connectivity index is 0.000000605. The van der Waals surface area contributed by atoms with Gasteiger partial charge in [0.15, 0.2) is 17.4 Å². The third-order valence-electron chi connectivity index (χ3n) is 1.28. The third-order valence-corrected chi connectivity index (χ3v) is 2.50. The molecule has 0 radical (unpaired) electrons. The van der Waals surface area contributed by atoms with Gasteiger partial charge in [-0.2, -0.15) is 0 Å². The predicted octanol–water partition coefficient (Wildman–Crippen LogP) is 1.40. The summed E-state index contributed by atoms with van der Waals surface area (Å²) in [4.78, 5) is 4.20. The SMILES string of the molecule is Sc1nc2ccccc2s1.[AlH3]. The molecule has 1 aromatic carbocycles. The van der Waals surface area contributed by atoms with Gasteiger partial charge in [-0.05, 0) is 12.1 Å². The van der Waals surface area contributed by atoms with Crippen molar-refractivity contribution in [3.63, 3.8) is 0 Å². The Bertz CT molecular complexity index is 325. The van der Waals surface area contributed by atoms with E-state index in [2.05, 4.69) is 17.6 Å². The lowest BCUT2D eigenvalue weighted by Crippen LogP contribution is -1.63. The molecule has 0 saturated heterocycles. The average molecular weight is 197 g/mol. The van der Waals surface area contributed by atoms with Gasteiger partial charge in [-0.15, -0.1) is 24.0 Å². The van der Waals surface area contributed by atoms with Crippen molar-refractivity contribution in [2.24, 2.45) is 0 Å². The van der Waals surface area contributed by atoms with E-state index >= 15 is 0 Å². The third kappa shape index (κ3) is 1.77. The molecule has 4 heteroatoms. The Labute approximate surface area is 85.0 Å². The number of rotatable bonds is 0. The minimum Gasteiger partial charge on any atom is -0.230 e. The highest BCUT2D eigenvalue weighted by atomic mass is 32.2. The number of hydrogen-bond donors (Lipinski definition) is 1. The molecule has 0 fully saturated rings. The maximum atomic E-state index is 4.20. The van der Waals surface area contributed by atoms with Crippen LogP contribution in [0.1, 0.15) is 0 Å². The van der Waals surface area contributed by atoms with E-state index < -0.39 is 0 Å². The summed E-state index contributed by atoms with van der Waals surface area (Å²) in [5.74, 6) is 0. The first-order chi connectivity index (χ1) is 4.86. The Hall–Kier alpha value is -0.00753. The molecule has 0 aliphatic carbocycles. The number of nitrogens with zero attached hydrogens (tertiary/aromatic N) is 1. The summed E-state index contributed by atoms with van der Waals surface area (Å²) in [6.45, 7) is 0. The van der Waals surface area contributed by atoms with E-state index in [0.717, 1.165) is 9.86 Å². The topological polar surface area (TPSA) is 12.9 Å². The van der Waals surface area contributed by atoms with Crippen LogP contribution in [-0.2, 0) is 0 Å². The van der Waals surface area contributed by atoms with Crippen molar-refractivity contribution in [2.75, 3.05) is 0 Å². The highest BCUT2D eigenvalue weighted by Crippen LogP contribution is 2.23. The van der Waals surface area contributed by atoms with Crippen LogP contribution in [-0.4, -0.2) is 22.3 Å². The van der Waals surface area contributed by atoms with Crippen molar-refractivity contribution >= 4 is 51.5 Å². The first-order valence-corrected chi connectivity index (χ1v) is 4.17. The summed E-state index contributed by atoms with van der Waals surface area (Å²) in [5, 5.41) is 0. The summed E-state index contributed by atoms with van der Waals surface area (Å²) >= 11 is 5.76. The van der Waals surface area contributed by atoms with Crippen molar-refractivity contribution in [3.05, 3.63) is 24.3 Å². The maximum Gasteiger partial charge on any atom is 0.187 e. The van der Waals surface area contributed by atoms with Gasteiger partial charge in [0, 0.05) is 0 Å². The van der Waals surface area contributed by atoms with Crippen molar-refractivity contribution in [1.82, 2.24) is 4.98 Å². The zero-order chi connectivity index (χ0) is 6.97. The molecule has 56 valence electrons. The molecule has 11 heavy (non-hydrogen) atoms. The number of fused-ring (bicyclic) bond motifs is 1. The van der Waals surface area contributed by atoms with E-state index in [-0.39, 0.29) is 17.4 Å². The Morgan fingerprint density at radius 1 is 1.27 bits per heavy atom. The van der Waals surface area contributed by atoms with E-state index in [4.69, 9.17) is 0 Å². The van der Waals surface area contributed by atoms with E-state index in [9.17, 15) is 0 Å². The molecular formula is C7H8AlNS2. The molecule has 2 aromatic rings. The summed E-state index contributed by atoms with van der Waals surface area (Å²) in [5.41, 5.74) is 1.04. The van der Waals surface area contributed by atoms with Crippen LogP contribution in [0.3, 0.4) is 0 Å². The summed E-state index contributed by atoms with van der Waals surface area (Å²) < 4.78 is 2.04. The van der Waals surface area contributed by atoms with Gasteiger partial charge in [-0.3, -0.25) is 0 Å². The fourth-order valence-electron chi connectivity index (χ4n) is 0.860. The molecule has 0 N–H and O–H groups in total. The number of thiazole rings is 1. The fraction of sp³-hybridized carbons (Fsp3) is 0. The van der Waals surface area contributed by atoms with Gasteiger partial charge >= 0.3 is 0 Å². The molecule has 1 aromatic heterocycles. The van der Waals surface area contributed by atoms with Crippen LogP contribution >= 0.6 is 24.0 Å². The highest BCUT2D eigenvalue weighted by molar-refractivity contribution is 7.82. The van der Waals surface area contributed by atoms with Gasteiger partial charge in [0.25, 0.3) is 0 Å². The first-order valence-electron chi connectivity index (χ1n) is 2.91. The van der Waals surface area contributed by atoms with Crippen LogP contribution in [0.4, 0.5) is 0 Å². The molecule has 0 unspecified atom stereocenters. The zero-order valence-corrected chi connectivity index (χ0v) is 6.82. The quantitative estimate of drug-likeness (QED) is 0.497. The monoisotopic (exact) mass is 197 g/mol. The van der Waals surface area contributed by atoms with Gasteiger partial charge in [0.1, 0.15) is 4.34 Å². The van der Waals surface area contributed by atoms with Crippen molar-refractivity contribution in [3.8, 4) is 0 Å². The predicted molar refractivity (Wildman–Crippen MR) is 56.8 cm³/mol. The van der Waals surface area contributed by atoms with Gasteiger partial charge in [0.2, 0.25) is 0 Å². The highest BCUT2D eigenvalue weighted by Gasteiger charge is 1.96. The summed E-state index contributed by atoms with van der Waals surface area (Å²) in [6.07, 6.45) is 0. The Morgan fingerprint density at radius 3 is 2.73 bits per heavy atom. The van der Waals surface area contributed by atoms with Crippen LogP contribution in [0.15, 0.2) is 28.6 Å². The van der Waals surface area contributed by atoms with Crippen molar-refractivity contribution in [2.45, 2.75) is 4.34 Å². The van der Waals surface area contributed by atoms with Gasteiger partial charge in [-0.25, -0.2) is 4.98 Å². The average Bonchev–Trinajstić information content (AvgIpc) is 2.27. The van der Waals surface area contributed by atoms with Crippen LogP contribution < -0.4 is 0 Å². The fourth-order valence-corrected chi connectivity index (χ4v) is 1.97. The number of thiol groups is 1. The Morgan fingerprint density at radius 2 is 2.00 bits per heavy atom. The number of benzene rings is 1. The number of hydrogen-bond acceptors (Lipinski definition) is 3. The van der Waals surface area contributed by atoms with Crippen LogP contribution in [0.25, 0.3) is 10.2 Å². The molecule has 0 spiro atoms. The molecule has 2 rings (SSSR count). The van der Waals surface area contributed by atoms with E-state index in [0.29, 0.717) is 0 Å². The van der Waals surface area contributed by atoms with Gasteiger partial charge < -0.3 is 0 Å². The second-order valence-electron chi connectivity index (χ2n) is 1.96. The van der Waals surface area contributed by atoms with Crippen LogP contribution in [0.5, 0.6) is 0 Å². The summed E-state index contributed by atoms with van der Waals surface area (Å²) in [6, 6.07) is 8.03. The van der Waals surface area contributed by atoms with Gasteiger partial charge in [-0.1, -0.05) is 12.1 Å². The molecule has 0 aliphatic rings. The number of para-hydroxylation sites is 1. The smallest absolute Gasteiger partial charge is 0.187 e. The molecule has 0 saturated carbocycles. The molecule has 0 aliphatic heterocycles. The molecule has 0 atom stereocenters. The minimum atomic E-state index is 0. The zero-order valence-electron chi connectivity index (χ0n) is 5.11. The van der Waals surface area contributed by atoms with E-state index in [1.807, 2.05) is 24.3 Å². The second kappa shape index (κ2) is 3.59. The standard InChI is InChI=1S/C7H5NS2.Al.3H/c9-7-8-5-3-1-2-4-6(5)10-7;;;;/h1-4H,(H,8,9);;;;. The summed E-state index contributed by atoms with van der Waals surface area (Å²) in [7, 11) is 0. The van der Waals surface area contributed by atoms with E-state index in [1.54, 1.807) is 11.3 Å². The molecule has 0 amide bonds. The molecule has 1 nitrogen and oxygen atoms in total. The molecule has 1 heterocycles. The first kappa shape index (κ1) is 9.08. The van der Waals surface area contributed by atoms with Crippen molar-refractivity contribution < 1.29 is 0 Å². The van der Waals surface area contributed by atoms with Crippen LogP contribution in [0.2, 0.25) is 0 Å². The largest absolute Gasteiger partial charge is 0.230 e. The normalized spacial score (nSPS) is 9.55. The Kier molecular flexibility index (Phi) is 2.97. The second-order valence-corrected chi connectivity index (χ2v) is 3.72. The molecule has 0 bridgehead atoms. The van der Waals surface area contributed by atoms with E-state index in [1.165, 1.54) is 4.70 Å². The lowest BCUT2D eigenvalue weighted by atomic mass is 10.3. The number of aromatic nitrogens is 1. The van der Waals surface area contributed by atoms with Crippen molar-refractivity contribution in [1.29, 1.82) is 0 Å². The molecular weight excluding hydrogens is 189 g/mol. The maximum absolute atomic E-state index is 4.20. The van der Waals surface area contributed by atoms with Crippen LogP contribution in [0, 0.1) is 0 Å². The lowest BCUT2D eigenvalue weighted by Gasteiger charge is -1.80.